The number of nitrogens with one attached hydrogen (secondary N) is 2. The van der Waals surface area contributed by atoms with Crippen molar-refractivity contribution in [3.8, 4) is 10.6 Å². The summed E-state index contributed by atoms with van der Waals surface area (Å²) in [6, 6.07) is 3.96. The van der Waals surface area contributed by atoms with Gasteiger partial charge in [0.1, 0.15) is 0 Å². The molecule has 0 saturated carbocycles. The zero-order valence-electron chi connectivity index (χ0n) is 12.1. The van der Waals surface area contributed by atoms with Gasteiger partial charge in [-0.2, -0.15) is 10.2 Å². The van der Waals surface area contributed by atoms with Gasteiger partial charge in [0.05, 0.1) is 28.0 Å². The number of carbonyl (C=O) groups is 1. The molecule has 6 nitrogen and oxygen atoms in total. The van der Waals surface area contributed by atoms with Gasteiger partial charge in [-0.3, -0.25) is 15.0 Å². The summed E-state index contributed by atoms with van der Waals surface area (Å²) in [4.78, 5) is 15.8. The Bertz CT molecular complexity index is 817. The molecule has 0 fully saturated rings. The third-order valence-electron chi connectivity index (χ3n) is 4.05. The molecule has 0 atom stereocenters. The Morgan fingerprint density at radius 3 is 3.14 bits per heavy atom. The van der Waals surface area contributed by atoms with Gasteiger partial charge >= 0.3 is 0 Å². The first kappa shape index (κ1) is 13.3. The predicted molar refractivity (Wildman–Crippen MR) is 83.7 cm³/mol. The second-order valence-electron chi connectivity index (χ2n) is 5.39. The first-order valence-electron chi connectivity index (χ1n) is 7.13. The summed E-state index contributed by atoms with van der Waals surface area (Å²) in [5.74, 6) is 0.0170. The molecule has 112 valence electrons. The Kier molecular flexibility index (Phi) is 3.07. The maximum absolute atomic E-state index is 12.9. The average molecular weight is 313 g/mol. The van der Waals surface area contributed by atoms with Crippen molar-refractivity contribution in [2.24, 2.45) is 0 Å². The second kappa shape index (κ2) is 5.10. The van der Waals surface area contributed by atoms with Crippen molar-refractivity contribution in [1.82, 2.24) is 25.3 Å². The number of hydrogen-bond donors (Lipinski definition) is 2. The number of rotatable bonds is 2. The number of carbonyl (C=O) groups excluding carboxylic acids is 1. The van der Waals surface area contributed by atoms with E-state index in [9.17, 15) is 4.79 Å². The number of nitrogens with zero attached hydrogens (tertiary/aromatic N) is 3. The fraction of sp³-hybridized carbons (Fsp3) is 0.267. The second-order valence-corrected chi connectivity index (χ2v) is 6.33. The van der Waals surface area contributed by atoms with Gasteiger partial charge in [-0.05, 0) is 18.4 Å². The zero-order valence-corrected chi connectivity index (χ0v) is 12.9. The van der Waals surface area contributed by atoms with Crippen LogP contribution < -0.4 is 0 Å². The minimum Gasteiger partial charge on any atom is -0.334 e. The van der Waals surface area contributed by atoms with Gasteiger partial charge in [0, 0.05) is 30.8 Å². The Labute approximate surface area is 131 Å². The maximum Gasteiger partial charge on any atom is 0.258 e. The first-order valence-corrected chi connectivity index (χ1v) is 8.01. The highest BCUT2D eigenvalue weighted by Crippen LogP contribution is 2.28. The Morgan fingerprint density at radius 2 is 2.32 bits per heavy atom. The summed E-state index contributed by atoms with van der Waals surface area (Å²) in [5.41, 5.74) is 4.69. The third-order valence-corrected chi connectivity index (χ3v) is 4.94. The molecular weight excluding hydrogens is 298 g/mol. The molecule has 7 heteroatoms. The molecule has 0 spiro atoms. The number of hydrogen-bond acceptors (Lipinski definition) is 4. The average Bonchev–Trinajstić information content (AvgIpc) is 3.26. The molecule has 3 aromatic heterocycles. The SMILES string of the molecule is Cc1[nH]nc2c1CN(C(=O)c1cn[nH]c1-c1cccs1)CC2. The molecule has 0 saturated heterocycles. The lowest BCUT2D eigenvalue weighted by Gasteiger charge is -2.26. The summed E-state index contributed by atoms with van der Waals surface area (Å²) < 4.78 is 0. The fourth-order valence-electron chi connectivity index (χ4n) is 2.83. The number of amides is 1. The van der Waals surface area contributed by atoms with Gasteiger partial charge in [0.15, 0.2) is 0 Å². The van der Waals surface area contributed by atoms with E-state index in [0.717, 1.165) is 33.9 Å². The topological polar surface area (TPSA) is 77.7 Å². The van der Waals surface area contributed by atoms with Crippen LogP contribution in [-0.2, 0) is 13.0 Å². The molecule has 0 radical (unpaired) electrons. The van der Waals surface area contributed by atoms with Crippen LogP contribution in [0.1, 0.15) is 27.3 Å². The maximum atomic E-state index is 12.9. The molecule has 1 amide bonds. The van der Waals surface area contributed by atoms with Crippen LogP contribution in [0.15, 0.2) is 23.7 Å². The van der Waals surface area contributed by atoms with E-state index in [1.165, 1.54) is 0 Å². The summed E-state index contributed by atoms with van der Waals surface area (Å²) in [6.45, 7) is 3.28. The molecule has 2 N–H and O–H groups in total. The van der Waals surface area contributed by atoms with E-state index in [1.807, 2.05) is 29.3 Å². The van der Waals surface area contributed by atoms with Crippen molar-refractivity contribution in [1.29, 1.82) is 0 Å². The molecule has 1 aliphatic rings. The number of aromatic amines is 2. The van der Waals surface area contributed by atoms with Crippen LogP contribution in [0.3, 0.4) is 0 Å². The van der Waals surface area contributed by atoms with Crippen molar-refractivity contribution in [2.45, 2.75) is 19.9 Å². The lowest BCUT2D eigenvalue weighted by Crippen LogP contribution is -2.36. The van der Waals surface area contributed by atoms with Crippen LogP contribution >= 0.6 is 11.3 Å². The van der Waals surface area contributed by atoms with Crippen molar-refractivity contribution in [3.05, 3.63) is 46.2 Å². The highest BCUT2D eigenvalue weighted by Gasteiger charge is 2.27. The number of H-pyrrole nitrogens is 2. The number of fused-ring (bicyclic) bond motifs is 1. The Balaban J connectivity index is 1.64. The summed E-state index contributed by atoms with van der Waals surface area (Å²) in [6.07, 6.45) is 2.41. The van der Waals surface area contributed by atoms with Gasteiger partial charge in [-0.15, -0.1) is 11.3 Å². The first-order chi connectivity index (χ1) is 10.7. The lowest BCUT2D eigenvalue weighted by molar-refractivity contribution is 0.0735. The van der Waals surface area contributed by atoms with Crippen molar-refractivity contribution < 1.29 is 4.79 Å². The van der Waals surface area contributed by atoms with Gasteiger partial charge < -0.3 is 4.90 Å². The van der Waals surface area contributed by atoms with Gasteiger partial charge in [0.25, 0.3) is 5.91 Å². The van der Waals surface area contributed by atoms with E-state index in [1.54, 1.807) is 17.5 Å². The molecule has 22 heavy (non-hydrogen) atoms. The highest BCUT2D eigenvalue weighted by molar-refractivity contribution is 7.13. The number of thiophene rings is 1. The largest absolute Gasteiger partial charge is 0.334 e. The molecule has 4 rings (SSSR count). The molecule has 4 heterocycles. The Hall–Kier alpha value is -2.41. The van der Waals surface area contributed by atoms with Crippen LogP contribution in [-0.4, -0.2) is 37.7 Å². The standard InChI is InChI=1S/C15H15N5OS/c1-9-11-8-20(5-4-12(11)18-17-9)15(21)10-7-16-19-14(10)13-3-2-6-22-13/h2-3,6-7H,4-5,8H2,1H3,(H,16,19)(H,17,18). The fourth-order valence-corrected chi connectivity index (χ4v) is 3.57. The van der Waals surface area contributed by atoms with E-state index in [0.29, 0.717) is 18.7 Å². The van der Waals surface area contributed by atoms with E-state index < -0.39 is 0 Å². The van der Waals surface area contributed by atoms with E-state index in [2.05, 4.69) is 20.4 Å². The van der Waals surface area contributed by atoms with E-state index >= 15 is 0 Å². The third kappa shape index (κ3) is 2.05. The van der Waals surface area contributed by atoms with Crippen molar-refractivity contribution in [2.75, 3.05) is 6.54 Å². The van der Waals surface area contributed by atoms with Crippen LogP contribution in [0.2, 0.25) is 0 Å². The van der Waals surface area contributed by atoms with E-state index in [4.69, 9.17) is 0 Å². The predicted octanol–water partition coefficient (Wildman–Crippen LogP) is 2.37. The van der Waals surface area contributed by atoms with E-state index in [-0.39, 0.29) is 5.91 Å². The summed E-state index contributed by atoms with van der Waals surface area (Å²) in [5, 5.41) is 16.3. The molecular formula is C15H15N5OS. The number of aryl methyl sites for hydroxylation is 1. The highest BCUT2D eigenvalue weighted by atomic mass is 32.1. The molecule has 0 unspecified atom stereocenters. The monoisotopic (exact) mass is 313 g/mol. The van der Waals surface area contributed by atoms with Crippen LogP contribution in [0.4, 0.5) is 0 Å². The number of aromatic nitrogens is 4. The molecule has 0 aromatic carbocycles. The van der Waals surface area contributed by atoms with Gasteiger partial charge in [-0.25, -0.2) is 0 Å². The van der Waals surface area contributed by atoms with Gasteiger partial charge in [-0.1, -0.05) is 6.07 Å². The zero-order chi connectivity index (χ0) is 15.1. The minimum absolute atomic E-state index is 0.0170. The molecule has 3 aromatic rings. The van der Waals surface area contributed by atoms with Crippen LogP contribution in [0.5, 0.6) is 0 Å². The van der Waals surface area contributed by atoms with Crippen molar-refractivity contribution in [3.63, 3.8) is 0 Å². The normalized spacial score (nSPS) is 14.1. The molecule has 0 bridgehead atoms. The Morgan fingerprint density at radius 1 is 1.41 bits per heavy atom. The van der Waals surface area contributed by atoms with Crippen LogP contribution in [0, 0.1) is 6.92 Å². The molecule has 1 aliphatic heterocycles. The minimum atomic E-state index is 0.0170. The lowest BCUT2D eigenvalue weighted by atomic mass is 10.0. The van der Waals surface area contributed by atoms with Crippen molar-refractivity contribution >= 4 is 17.2 Å². The summed E-state index contributed by atoms with van der Waals surface area (Å²) >= 11 is 1.59. The quantitative estimate of drug-likeness (QED) is 0.762. The summed E-state index contributed by atoms with van der Waals surface area (Å²) in [7, 11) is 0. The smallest absolute Gasteiger partial charge is 0.258 e. The van der Waals surface area contributed by atoms with Gasteiger partial charge in [0.2, 0.25) is 0 Å². The molecule has 0 aliphatic carbocycles. The van der Waals surface area contributed by atoms with Crippen LogP contribution in [0.25, 0.3) is 10.6 Å².